The third-order valence-corrected chi connectivity index (χ3v) is 12.3. The SMILES string of the molecule is C.C.C[C@@H]1CN(Cc2ncccn2)C[C@H]1c1cn2c(C3CCOCC3)ncc2c(=O)[nH]1.C[C@@H]1CNC[C@H]1c1cn2c(C3CCOCC3)ncc2c(=O)[nH]1.ClCc1ncccn1. The van der Waals surface area contributed by atoms with Crippen molar-refractivity contribution < 1.29 is 9.47 Å². The lowest BCUT2D eigenvalue weighted by Crippen LogP contribution is -2.22. The summed E-state index contributed by atoms with van der Waals surface area (Å²) in [4.78, 5) is 59.2. The summed E-state index contributed by atoms with van der Waals surface area (Å²) >= 11 is 5.40. The average molecular weight is 858 g/mol. The maximum Gasteiger partial charge on any atom is 0.274 e. The lowest BCUT2D eigenvalue weighted by molar-refractivity contribution is 0.0834. The van der Waals surface area contributed by atoms with Gasteiger partial charge in [-0.2, -0.15) is 0 Å². The lowest BCUT2D eigenvalue weighted by Gasteiger charge is -2.21. The number of rotatable bonds is 7. The van der Waals surface area contributed by atoms with Gasteiger partial charge in [0, 0.05) is 118 Å². The molecule has 10 rings (SSSR count). The first kappa shape index (κ1) is 45.7. The van der Waals surface area contributed by atoms with E-state index >= 15 is 0 Å². The van der Waals surface area contributed by atoms with Crippen molar-refractivity contribution >= 4 is 22.6 Å². The zero-order chi connectivity index (χ0) is 40.7. The summed E-state index contributed by atoms with van der Waals surface area (Å²) in [7, 11) is 0. The van der Waals surface area contributed by atoms with Crippen molar-refractivity contribution in [3.63, 3.8) is 0 Å². The van der Waals surface area contributed by atoms with Gasteiger partial charge in [0.1, 0.15) is 34.3 Å². The standard InChI is InChI=1S/C21H26N6O2.C16H22N4O2.C5H5ClN2.2CH4/c1-14-10-26(13-19-22-5-2-6-23-19)11-16(14)17-12-27-18(21(28)25-17)9-24-20(27)15-3-7-29-8-4-15;1-10-6-17-7-12(10)13-9-20-14(16(21)19-13)8-18-15(20)11-2-4-22-5-3-11;6-4-5-7-2-1-3-8-5;;/h2,5-6,9,12,14-16H,3-4,7-8,10-11,13H2,1H3,(H,25,28);8-12,17H,2-7H2,1H3,(H,19,21);1-3H,4H2;2*1H4/t14-,16-;10-,12-;;;/m11.../s1. The van der Waals surface area contributed by atoms with Crippen molar-refractivity contribution in [3.8, 4) is 0 Å². The van der Waals surface area contributed by atoms with E-state index in [2.05, 4.69) is 76.3 Å². The van der Waals surface area contributed by atoms with E-state index in [-0.39, 0.29) is 31.9 Å². The quantitative estimate of drug-likeness (QED) is 0.168. The molecule has 61 heavy (non-hydrogen) atoms. The minimum Gasteiger partial charge on any atom is -0.381 e. The van der Waals surface area contributed by atoms with Crippen LogP contribution in [0.4, 0.5) is 0 Å². The summed E-state index contributed by atoms with van der Waals surface area (Å²) < 4.78 is 15.0. The third-order valence-electron chi connectivity index (χ3n) is 12.1. The number of alkyl halides is 1. The van der Waals surface area contributed by atoms with Crippen LogP contribution in [-0.2, 0) is 21.9 Å². The zero-order valence-corrected chi connectivity index (χ0v) is 34.4. The Morgan fingerprint density at radius 1 is 0.656 bits per heavy atom. The molecule has 10 heterocycles. The van der Waals surface area contributed by atoms with E-state index in [1.165, 1.54) is 0 Å². The van der Waals surface area contributed by atoms with Gasteiger partial charge in [0.25, 0.3) is 11.1 Å². The Kier molecular flexibility index (Phi) is 15.9. The second kappa shape index (κ2) is 21.3. The molecular weight excluding hydrogens is 796 g/mol. The largest absolute Gasteiger partial charge is 0.381 e. The first-order valence-electron chi connectivity index (χ1n) is 20.7. The van der Waals surface area contributed by atoms with Crippen LogP contribution in [-0.4, -0.2) is 106 Å². The van der Waals surface area contributed by atoms with Crippen molar-refractivity contribution in [1.82, 2.24) is 58.9 Å². The summed E-state index contributed by atoms with van der Waals surface area (Å²) in [6, 6.07) is 3.59. The molecule has 0 amide bonds. The molecule has 0 saturated carbocycles. The topological polar surface area (TPSA) is 186 Å². The average Bonchev–Trinajstić information content (AvgIpc) is 4.09. The third kappa shape index (κ3) is 10.6. The van der Waals surface area contributed by atoms with Gasteiger partial charge in [-0.1, -0.05) is 28.7 Å². The summed E-state index contributed by atoms with van der Waals surface area (Å²) in [5, 5.41) is 3.40. The smallest absolute Gasteiger partial charge is 0.274 e. The van der Waals surface area contributed by atoms with Gasteiger partial charge in [-0.3, -0.25) is 23.3 Å². The summed E-state index contributed by atoms with van der Waals surface area (Å²) in [6.07, 6.45) is 18.3. The van der Waals surface area contributed by atoms with Crippen LogP contribution in [0.3, 0.4) is 0 Å². The van der Waals surface area contributed by atoms with Crippen molar-refractivity contribution in [3.05, 3.63) is 117 Å². The minimum absolute atomic E-state index is 0. The molecule has 0 unspecified atom stereocenters. The van der Waals surface area contributed by atoms with Crippen LogP contribution in [0.5, 0.6) is 0 Å². The molecule has 0 bridgehead atoms. The Balaban J connectivity index is 0.000000172. The Morgan fingerprint density at radius 2 is 1.15 bits per heavy atom. The number of aromatic amines is 2. The molecular formula is C44H61ClN12O4. The van der Waals surface area contributed by atoms with Crippen LogP contribution >= 0.6 is 11.6 Å². The Labute approximate surface area is 362 Å². The Bertz CT molecular complexity index is 2390. The van der Waals surface area contributed by atoms with Crippen molar-refractivity contribution in [2.24, 2.45) is 11.8 Å². The molecule has 0 spiro atoms. The number of hydrogen-bond acceptors (Lipinski definition) is 12. The molecule has 4 aliphatic heterocycles. The van der Waals surface area contributed by atoms with Gasteiger partial charge >= 0.3 is 0 Å². The number of ether oxygens (including phenoxy) is 2. The molecule has 3 N–H and O–H groups in total. The van der Waals surface area contributed by atoms with Crippen LogP contribution in [0.15, 0.2) is 71.3 Å². The van der Waals surface area contributed by atoms with E-state index < -0.39 is 0 Å². The van der Waals surface area contributed by atoms with Gasteiger partial charge in [0.05, 0.1) is 24.8 Å². The fourth-order valence-electron chi connectivity index (χ4n) is 8.82. The monoisotopic (exact) mass is 856 g/mol. The molecule has 6 aromatic rings. The number of fused-ring (bicyclic) bond motifs is 2. The second-order valence-electron chi connectivity index (χ2n) is 16.1. The van der Waals surface area contributed by atoms with E-state index in [9.17, 15) is 9.59 Å². The highest BCUT2D eigenvalue weighted by Gasteiger charge is 2.33. The van der Waals surface area contributed by atoms with Crippen LogP contribution in [0.1, 0.15) is 113 Å². The van der Waals surface area contributed by atoms with E-state index in [1.54, 1.807) is 43.2 Å². The number of nitrogens with zero attached hydrogens (tertiary/aromatic N) is 9. The summed E-state index contributed by atoms with van der Waals surface area (Å²) in [5.41, 5.74) is 3.16. The number of imidazole rings is 2. The molecule has 4 aliphatic rings. The van der Waals surface area contributed by atoms with E-state index in [4.69, 9.17) is 21.1 Å². The highest BCUT2D eigenvalue weighted by atomic mass is 35.5. The predicted molar refractivity (Wildman–Crippen MR) is 236 cm³/mol. The van der Waals surface area contributed by atoms with Crippen molar-refractivity contribution in [2.75, 3.05) is 52.6 Å². The van der Waals surface area contributed by atoms with Crippen LogP contribution in [0, 0.1) is 11.8 Å². The number of nitrogens with one attached hydrogen (secondary N) is 3. The van der Waals surface area contributed by atoms with Crippen LogP contribution in [0.2, 0.25) is 0 Å². The number of aromatic nitrogens is 10. The summed E-state index contributed by atoms with van der Waals surface area (Å²) in [5.74, 6) is 6.20. The molecule has 16 nitrogen and oxygen atoms in total. The Hall–Kier alpha value is -4.87. The molecule has 0 aliphatic carbocycles. The maximum absolute atomic E-state index is 12.8. The zero-order valence-electron chi connectivity index (χ0n) is 33.7. The highest BCUT2D eigenvalue weighted by molar-refractivity contribution is 6.16. The summed E-state index contributed by atoms with van der Waals surface area (Å²) in [6.45, 7) is 12.0. The van der Waals surface area contributed by atoms with E-state index in [1.807, 2.05) is 14.9 Å². The minimum atomic E-state index is -0.0645. The normalized spacial score (nSPS) is 22.1. The predicted octanol–water partition coefficient (Wildman–Crippen LogP) is 5.67. The van der Waals surface area contributed by atoms with Crippen LogP contribution < -0.4 is 16.4 Å². The fourth-order valence-corrected chi connectivity index (χ4v) is 8.96. The van der Waals surface area contributed by atoms with Gasteiger partial charge in [-0.15, -0.1) is 11.6 Å². The fraction of sp³-hybridized carbons (Fsp3) is 0.545. The van der Waals surface area contributed by atoms with E-state index in [0.717, 1.165) is 114 Å². The molecule has 6 aromatic heterocycles. The number of likely N-dealkylation sites (tertiary alicyclic amines) is 1. The van der Waals surface area contributed by atoms with Crippen molar-refractivity contribution in [2.45, 2.75) is 90.5 Å². The van der Waals surface area contributed by atoms with E-state index in [0.29, 0.717) is 52.3 Å². The molecule has 4 fully saturated rings. The molecule has 17 heteroatoms. The second-order valence-corrected chi connectivity index (χ2v) is 16.3. The van der Waals surface area contributed by atoms with Gasteiger partial charge in [0.15, 0.2) is 0 Å². The lowest BCUT2D eigenvalue weighted by atomic mass is 9.95. The molecule has 4 saturated heterocycles. The number of H-pyrrole nitrogens is 2. The van der Waals surface area contributed by atoms with Gasteiger partial charge in [0.2, 0.25) is 0 Å². The molecule has 4 atom stereocenters. The first-order chi connectivity index (χ1) is 28.9. The highest BCUT2D eigenvalue weighted by Crippen LogP contribution is 2.33. The van der Waals surface area contributed by atoms with Gasteiger partial charge in [-0.05, 0) is 56.2 Å². The number of hydrogen-bond donors (Lipinski definition) is 3. The Morgan fingerprint density at radius 3 is 1.61 bits per heavy atom. The van der Waals surface area contributed by atoms with Gasteiger partial charge < -0.3 is 24.8 Å². The van der Waals surface area contributed by atoms with Gasteiger partial charge in [-0.25, -0.2) is 29.9 Å². The molecule has 0 radical (unpaired) electrons. The van der Waals surface area contributed by atoms with Crippen molar-refractivity contribution in [1.29, 1.82) is 0 Å². The molecule has 0 aromatic carbocycles. The first-order valence-corrected chi connectivity index (χ1v) is 21.3. The molecule has 328 valence electrons. The number of halogens is 1. The van der Waals surface area contributed by atoms with Crippen LogP contribution in [0.25, 0.3) is 11.0 Å². The maximum atomic E-state index is 12.8.